The Balaban J connectivity index is 1.92. The maximum absolute atomic E-state index is 10.9. The zero-order chi connectivity index (χ0) is 12.5. The summed E-state index contributed by atoms with van der Waals surface area (Å²) in [7, 11) is 0. The third-order valence-electron chi connectivity index (χ3n) is 2.96. The van der Waals surface area contributed by atoms with E-state index in [1.807, 2.05) is 30.3 Å². The molecule has 2 aromatic rings. The highest BCUT2D eigenvalue weighted by molar-refractivity contribution is 5.65. The molecule has 92 valence electrons. The fourth-order valence-corrected chi connectivity index (χ4v) is 2.01. The van der Waals surface area contributed by atoms with Crippen molar-refractivity contribution in [2.24, 2.45) is 0 Å². The number of amides is 1. The summed E-state index contributed by atoms with van der Waals surface area (Å²) in [5.41, 5.74) is 0.946. The van der Waals surface area contributed by atoms with Crippen LogP contribution in [-0.2, 0) is 13.1 Å². The Hall–Kier alpha value is -2.37. The van der Waals surface area contributed by atoms with Crippen LogP contribution in [-0.4, -0.2) is 37.4 Å². The minimum atomic E-state index is -0.912. The third kappa shape index (κ3) is 1.81. The molecule has 18 heavy (non-hydrogen) atoms. The number of nitrogens with zero attached hydrogens (tertiary/aromatic N) is 4. The van der Waals surface area contributed by atoms with E-state index in [9.17, 15) is 4.79 Å². The van der Waals surface area contributed by atoms with E-state index in [1.165, 1.54) is 4.90 Å². The predicted molar refractivity (Wildman–Crippen MR) is 63.9 cm³/mol. The molecule has 0 saturated heterocycles. The number of hydrogen-bond acceptors (Lipinski definition) is 3. The zero-order valence-electron chi connectivity index (χ0n) is 9.65. The Morgan fingerprint density at radius 2 is 2.00 bits per heavy atom. The highest BCUT2D eigenvalue weighted by Gasteiger charge is 2.23. The van der Waals surface area contributed by atoms with Gasteiger partial charge in [0.15, 0.2) is 5.82 Å². The van der Waals surface area contributed by atoms with E-state index in [-0.39, 0.29) is 0 Å². The molecule has 6 heteroatoms. The first-order valence-corrected chi connectivity index (χ1v) is 5.71. The number of fused-ring (bicyclic) bond motifs is 1. The molecule has 1 amide bonds. The van der Waals surface area contributed by atoms with Gasteiger partial charge in [0.2, 0.25) is 0 Å². The molecular weight excluding hydrogens is 232 g/mol. The second kappa shape index (κ2) is 4.14. The Morgan fingerprint density at radius 1 is 1.22 bits per heavy atom. The van der Waals surface area contributed by atoms with Crippen molar-refractivity contribution >= 4 is 6.09 Å². The van der Waals surface area contributed by atoms with E-state index in [0.717, 1.165) is 5.56 Å². The molecule has 1 aromatic heterocycles. The standard InChI is InChI=1S/C12H12N4O2/c17-12(18)15-6-7-16-10(8-15)13-11(14-16)9-4-2-1-3-5-9/h1-5H,6-8H2,(H,17,18). The molecule has 0 bridgehead atoms. The van der Waals surface area contributed by atoms with Crippen LogP contribution >= 0.6 is 0 Å². The summed E-state index contributed by atoms with van der Waals surface area (Å²) in [6.07, 6.45) is -0.912. The van der Waals surface area contributed by atoms with E-state index >= 15 is 0 Å². The van der Waals surface area contributed by atoms with Crippen LogP contribution in [0.5, 0.6) is 0 Å². The number of carbonyl (C=O) groups is 1. The Morgan fingerprint density at radius 3 is 2.72 bits per heavy atom. The molecule has 1 N–H and O–H groups in total. The monoisotopic (exact) mass is 244 g/mol. The first-order chi connectivity index (χ1) is 8.74. The van der Waals surface area contributed by atoms with E-state index in [1.54, 1.807) is 4.68 Å². The van der Waals surface area contributed by atoms with Crippen LogP contribution in [0.2, 0.25) is 0 Å². The SMILES string of the molecule is O=C(O)N1CCn2nc(-c3ccccc3)nc2C1. The number of aromatic nitrogens is 3. The first-order valence-electron chi connectivity index (χ1n) is 5.71. The number of benzene rings is 1. The highest BCUT2D eigenvalue weighted by Crippen LogP contribution is 2.18. The van der Waals surface area contributed by atoms with Crippen LogP contribution in [0.3, 0.4) is 0 Å². The molecule has 0 spiro atoms. The molecular formula is C12H12N4O2. The number of carboxylic acid groups (broad SMARTS) is 1. The van der Waals surface area contributed by atoms with Crippen LogP contribution in [0, 0.1) is 0 Å². The summed E-state index contributed by atoms with van der Waals surface area (Å²) in [5, 5.41) is 13.4. The molecule has 3 rings (SSSR count). The van der Waals surface area contributed by atoms with E-state index in [2.05, 4.69) is 10.1 Å². The fraction of sp³-hybridized carbons (Fsp3) is 0.250. The van der Waals surface area contributed by atoms with Gasteiger partial charge in [0.25, 0.3) is 0 Å². The third-order valence-corrected chi connectivity index (χ3v) is 2.96. The normalized spacial score (nSPS) is 14.3. The van der Waals surface area contributed by atoms with Gasteiger partial charge in [-0.1, -0.05) is 30.3 Å². The average Bonchev–Trinajstić information content (AvgIpc) is 2.82. The fourth-order valence-electron chi connectivity index (χ4n) is 2.01. The molecule has 0 radical (unpaired) electrons. The van der Waals surface area contributed by atoms with Crippen molar-refractivity contribution in [1.82, 2.24) is 19.7 Å². The summed E-state index contributed by atoms with van der Waals surface area (Å²) >= 11 is 0. The maximum atomic E-state index is 10.9. The number of hydrogen-bond donors (Lipinski definition) is 1. The topological polar surface area (TPSA) is 71.2 Å². The lowest BCUT2D eigenvalue weighted by atomic mass is 10.2. The second-order valence-electron chi connectivity index (χ2n) is 4.14. The minimum absolute atomic E-state index is 0.301. The molecule has 1 aliphatic rings. The van der Waals surface area contributed by atoms with Crippen LogP contribution < -0.4 is 0 Å². The molecule has 0 fully saturated rings. The largest absolute Gasteiger partial charge is 0.465 e. The van der Waals surface area contributed by atoms with E-state index < -0.39 is 6.09 Å². The van der Waals surface area contributed by atoms with Crippen LogP contribution in [0.15, 0.2) is 30.3 Å². The van der Waals surface area contributed by atoms with Gasteiger partial charge in [0.05, 0.1) is 13.1 Å². The Bertz CT molecular complexity index is 579. The summed E-state index contributed by atoms with van der Waals surface area (Å²) in [5.74, 6) is 1.35. The zero-order valence-corrected chi connectivity index (χ0v) is 9.65. The molecule has 1 aromatic carbocycles. The Labute approximate surface area is 103 Å². The van der Waals surface area contributed by atoms with E-state index in [4.69, 9.17) is 5.11 Å². The molecule has 1 aliphatic heterocycles. The lowest BCUT2D eigenvalue weighted by Gasteiger charge is -2.23. The molecule has 2 heterocycles. The quantitative estimate of drug-likeness (QED) is 0.823. The molecule has 6 nitrogen and oxygen atoms in total. The average molecular weight is 244 g/mol. The molecule has 0 atom stereocenters. The highest BCUT2D eigenvalue weighted by atomic mass is 16.4. The van der Waals surface area contributed by atoms with Gasteiger partial charge in [-0.3, -0.25) is 4.90 Å². The lowest BCUT2D eigenvalue weighted by molar-refractivity contribution is 0.130. The van der Waals surface area contributed by atoms with Crippen molar-refractivity contribution in [2.75, 3.05) is 6.54 Å². The van der Waals surface area contributed by atoms with Crippen molar-refractivity contribution < 1.29 is 9.90 Å². The van der Waals surface area contributed by atoms with Crippen LogP contribution in [0.25, 0.3) is 11.4 Å². The van der Waals surface area contributed by atoms with Gasteiger partial charge in [0.1, 0.15) is 5.82 Å². The second-order valence-corrected chi connectivity index (χ2v) is 4.14. The predicted octanol–water partition coefficient (Wildman–Crippen LogP) is 1.44. The van der Waals surface area contributed by atoms with Crippen molar-refractivity contribution in [2.45, 2.75) is 13.1 Å². The van der Waals surface area contributed by atoms with Gasteiger partial charge < -0.3 is 5.11 Å². The van der Waals surface area contributed by atoms with Crippen molar-refractivity contribution in [3.8, 4) is 11.4 Å². The Kier molecular flexibility index (Phi) is 2.47. The van der Waals surface area contributed by atoms with Crippen molar-refractivity contribution in [3.63, 3.8) is 0 Å². The van der Waals surface area contributed by atoms with Gasteiger partial charge in [-0.2, -0.15) is 5.10 Å². The summed E-state index contributed by atoms with van der Waals surface area (Å²) in [6.45, 7) is 1.32. The van der Waals surface area contributed by atoms with Crippen molar-refractivity contribution in [1.29, 1.82) is 0 Å². The van der Waals surface area contributed by atoms with Crippen LogP contribution in [0.1, 0.15) is 5.82 Å². The van der Waals surface area contributed by atoms with Gasteiger partial charge >= 0.3 is 6.09 Å². The lowest BCUT2D eigenvalue weighted by Crippen LogP contribution is -2.37. The van der Waals surface area contributed by atoms with Gasteiger partial charge in [-0.25, -0.2) is 14.5 Å². The number of rotatable bonds is 1. The molecule has 0 saturated carbocycles. The summed E-state index contributed by atoms with van der Waals surface area (Å²) in [6, 6.07) is 9.68. The maximum Gasteiger partial charge on any atom is 0.407 e. The van der Waals surface area contributed by atoms with E-state index in [0.29, 0.717) is 31.3 Å². The smallest absolute Gasteiger partial charge is 0.407 e. The molecule has 0 unspecified atom stereocenters. The van der Waals surface area contributed by atoms with Crippen molar-refractivity contribution in [3.05, 3.63) is 36.2 Å². The van der Waals surface area contributed by atoms with Crippen LogP contribution in [0.4, 0.5) is 4.79 Å². The van der Waals surface area contributed by atoms with Gasteiger partial charge in [-0.05, 0) is 0 Å². The summed E-state index contributed by atoms with van der Waals surface area (Å²) < 4.78 is 1.78. The summed E-state index contributed by atoms with van der Waals surface area (Å²) in [4.78, 5) is 16.7. The minimum Gasteiger partial charge on any atom is -0.465 e. The molecule has 0 aliphatic carbocycles. The van der Waals surface area contributed by atoms with Gasteiger partial charge in [-0.15, -0.1) is 0 Å². The van der Waals surface area contributed by atoms with Gasteiger partial charge in [0, 0.05) is 12.1 Å². The first kappa shape index (κ1) is 10.8.